The van der Waals surface area contributed by atoms with E-state index in [1.807, 2.05) is 32.0 Å². The van der Waals surface area contributed by atoms with Crippen LogP contribution in [0.25, 0.3) is 0 Å². The largest absolute Gasteiger partial charge is 0.466 e. The molecule has 0 unspecified atom stereocenters. The van der Waals surface area contributed by atoms with Crippen LogP contribution in [0.5, 0.6) is 0 Å². The van der Waals surface area contributed by atoms with Gasteiger partial charge < -0.3 is 10.1 Å². The van der Waals surface area contributed by atoms with Gasteiger partial charge in [0.05, 0.1) is 13.0 Å². The minimum atomic E-state index is -0.266. The normalized spacial score (nSPS) is 10.0. The van der Waals surface area contributed by atoms with Gasteiger partial charge in [0.1, 0.15) is 0 Å². The Labute approximate surface area is 114 Å². The van der Waals surface area contributed by atoms with E-state index in [2.05, 4.69) is 5.32 Å². The molecule has 0 aliphatic rings. The van der Waals surface area contributed by atoms with E-state index in [1.165, 1.54) is 0 Å². The van der Waals surface area contributed by atoms with E-state index in [0.717, 1.165) is 18.4 Å². The number of ether oxygens (including phenoxy) is 1. The molecule has 1 N–H and O–H groups in total. The number of carbonyl (C=O) groups excluding carboxylic acids is 2. The fourth-order valence-electron chi connectivity index (χ4n) is 1.57. The quantitative estimate of drug-likeness (QED) is 0.607. The first-order valence-corrected chi connectivity index (χ1v) is 6.64. The lowest BCUT2D eigenvalue weighted by molar-refractivity contribution is -0.143. The van der Waals surface area contributed by atoms with Gasteiger partial charge in [-0.25, -0.2) is 0 Å². The topological polar surface area (TPSA) is 55.4 Å². The summed E-state index contributed by atoms with van der Waals surface area (Å²) >= 11 is 0. The Morgan fingerprint density at radius 3 is 2.79 bits per heavy atom. The van der Waals surface area contributed by atoms with E-state index < -0.39 is 0 Å². The third-order valence-electron chi connectivity index (χ3n) is 2.66. The molecule has 0 saturated heterocycles. The molecule has 0 radical (unpaired) electrons. The maximum atomic E-state index is 11.8. The van der Waals surface area contributed by atoms with Gasteiger partial charge in [-0.1, -0.05) is 31.0 Å². The van der Waals surface area contributed by atoms with E-state index in [1.54, 1.807) is 6.07 Å². The summed E-state index contributed by atoms with van der Waals surface area (Å²) in [5.41, 5.74) is 1.64. The Hall–Kier alpha value is -1.84. The van der Waals surface area contributed by atoms with Crippen LogP contribution in [0, 0.1) is 6.92 Å². The molecule has 1 aromatic rings. The van der Waals surface area contributed by atoms with E-state index in [4.69, 9.17) is 4.74 Å². The minimum absolute atomic E-state index is 0.162. The average Bonchev–Trinajstić information content (AvgIpc) is 2.39. The second-order valence-electron chi connectivity index (χ2n) is 4.45. The lowest BCUT2D eigenvalue weighted by Crippen LogP contribution is -2.26. The summed E-state index contributed by atoms with van der Waals surface area (Å²) in [6.45, 7) is 4.73. The molecule has 0 saturated carbocycles. The summed E-state index contributed by atoms with van der Waals surface area (Å²) in [6.07, 6.45) is 2.08. The average molecular weight is 263 g/mol. The molecule has 0 aromatic heterocycles. The van der Waals surface area contributed by atoms with Crippen molar-refractivity contribution in [2.45, 2.75) is 33.1 Å². The molecule has 1 amide bonds. The van der Waals surface area contributed by atoms with Crippen LogP contribution < -0.4 is 5.32 Å². The highest BCUT2D eigenvalue weighted by molar-refractivity contribution is 5.94. The van der Waals surface area contributed by atoms with Crippen molar-refractivity contribution >= 4 is 11.9 Å². The maximum Gasteiger partial charge on any atom is 0.307 e. The molecule has 104 valence electrons. The zero-order valence-electron chi connectivity index (χ0n) is 11.6. The number of benzene rings is 1. The van der Waals surface area contributed by atoms with Crippen molar-refractivity contribution in [1.82, 2.24) is 5.32 Å². The van der Waals surface area contributed by atoms with Crippen molar-refractivity contribution < 1.29 is 14.3 Å². The molecule has 0 aliphatic heterocycles. The highest BCUT2D eigenvalue weighted by atomic mass is 16.5. The number of hydrogen-bond donors (Lipinski definition) is 1. The molecule has 4 nitrogen and oxygen atoms in total. The van der Waals surface area contributed by atoms with E-state index in [0.29, 0.717) is 18.7 Å². The van der Waals surface area contributed by atoms with Crippen LogP contribution in [0.4, 0.5) is 0 Å². The summed E-state index contributed by atoms with van der Waals surface area (Å²) in [5, 5.41) is 2.71. The molecule has 1 aromatic carbocycles. The zero-order chi connectivity index (χ0) is 14.1. The molecule has 0 aliphatic carbocycles. The first-order valence-electron chi connectivity index (χ1n) is 6.64. The summed E-state index contributed by atoms with van der Waals surface area (Å²) in [5.74, 6) is -0.428. The number of carbonyl (C=O) groups is 2. The van der Waals surface area contributed by atoms with Gasteiger partial charge in [0.25, 0.3) is 5.91 Å². The third-order valence-corrected chi connectivity index (χ3v) is 2.66. The van der Waals surface area contributed by atoms with Gasteiger partial charge in [0, 0.05) is 12.1 Å². The monoisotopic (exact) mass is 263 g/mol. The van der Waals surface area contributed by atoms with Crippen molar-refractivity contribution in [2.24, 2.45) is 0 Å². The molecule has 19 heavy (non-hydrogen) atoms. The summed E-state index contributed by atoms with van der Waals surface area (Å²) in [6, 6.07) is 7.34. The predicted molar refractivity (Wildman–Crippen MR) is 74.0 cm³/mol. The molecular weight excluding hydrogens is 242 g/mol. The first kappa shape index (κ1) is 15.2. The number of rotatable bonds is 7. The molecule has 0 atom stereocenters. The van der Waals surface area contributed by atoms with Crippen LogP contribution in [0.15, 0.2) is 24.3 Å². The van der Waals surface area contributed by atoms with Crippen molar-refractivity contribution in [2.75, 3.05) is 13.2 Å². The van der Waals surface area contributed by atoms with Crippen LogP contribution in [-0.2, 0) is 9.53 Å². The number of amides is 1. The minimum Gasteiger partial charge on any atom is -0.466 e. The zero-order valence-corrected chi connectivity index (χ0v) is 11.6. The van der Waals surface area contributed by atoms with Gasteiger partial charge in [-0.2, -0.15) is 0 Å². The second-order valence-corrected chi connectivity index (χ2v) is 4.45. The Balaban J connectivity index is 2.25. The van der Waals surface area contributed by atoms with Crippen molar-refractivity contribution in [1.29, 1.82) is 0 Å². The number of unbranched alkanes of at least 4 members (excludes halogenated alkanes) is 1. The van der Waals surface area contributed by atoms with Gasteiger partial charge >= 0.3 is 5.97 Å². The Morgan fingerprint density at radius 1 is 1.32 bits per heavy atom. The van der Waals surface area contributed by atoms with Gasteiger partial charge in [0.15, 0.2) is 0 Å². The Kier molecular flexibility index (Phi) is 6.64. The fraction of sp³-hybridized carbons (Fsp3) is 0.467. The molecule has 1 rings (SSSR count). The lowest BCUT2D eigenvalue weighted by Gasteiger charge is -2.06. The van der Waals surface area contributed by atoms with E-state index >= 15 is 0 Å². The predicted octanol–water partition coefficient (Wildman–Crippen LogP) is 2.46. The highest BCUT2D eigenvalue weighted by Gasteiger charge is 2.07. The Morgan fingerprint density at radius 2 is 2.11 bits per heavy atom. The standard InChI is InChI=1S/C15H21NO3/c1-3-4-10-19-14(17)8-9-16-15(18)13-7-5-6-12(2)11-13/h5-7,11H,3-4,8-10H2,1-2H3,(H,16,18). The van der Waals surface area contributed by atoms with Crippen LogP contribution in [0.2, 0.25) is 0 Å². The van der Waals surface area contributed by atoms with E-state index in [9.17, 15) is 9.59 Å². The molecule has 4 heteroatoms. The molecule has 0 spiro atoms. The first-order chi connectivity index (χ1) is 9.13. The van der Waals surface area contributed by atoms with Gasteiger partial charge in [-0.05, 0) is 25.5 Å². The van der Waals surface area contributed by atoms with Crippen LogP contribution >= 0.6 is 0 Å². The SMILES string of the molecule is CCCCOC(=O)CCNC(=O)c1cccc(C)c1. The molecule has 0 bridgehead atoms. The highest BCUT2D eigenvalue weighted by Crippen LogP contribution is 2.03. The number of hydrogen-bond acceptors (Lipinski definition) is 3. The van der Waals surface area contributed by atoms with Crippen LogP contribution in [-0.4, -0.2) is 25.0 Å². The summed E-state index contributed by atoms with van der Waals surface area (Å²) in [4.78, 5) is 23.1. The van der Waals surface area contributed by atoms with Crippen molar-refractivity contribution in [3.63, 3.8) is 0 Å². The number of esters is 1. The van der Waals surface area contributed by atoms with Crippen LogP contribution in [0.1, 0.15) is 42.1 Å². The van der Waals surface area contributed by atoms with Gasteiger partial charge in [-0.15, -0.1) is 0 Å². The third kappa shape index (κ3) is 6.04. The van der Waals surface area contributed by atoms with Crippen LogP contribution in [0.3, 0.4) is 0 Å². The second kappa shape index (κ2) is 8.29. The molecule has 0 heterocycles. The summed E-state index contributed by atoms with van der Waals surface area (Å²) in [7, 11) is 0. The fourth-order valence-corrected chi connectivity index (χ4v) is 1.57. The lowest BCUT2D eigenvalue weighted by atomic mass is 10.1. The Bertz CT molecular complexity index is 429. The smallest absolute Gasteiger partial charge is 0.307 e. The number of nitrogens with one attached hydrogen (secondary N) is 1. The van der Waals surface area contributed by atoms with Crippen molar-refractivity contribution in [3.05, 3.63) is 35.4 Å². The molecular formula is C15H21NO3. The van der Waals surface area contributed by atoms with Gasteiger partial charge in [0.2, 0.25) is 0 Å². The van der Waals surface area contributed by atoms with Crippen molar-refractivity contribution in [3.8, 4) is 0 Å². The van der Waals surface area contributed by atoms with Gasteiger partial charge in [-0.3, -0.25) is 9.59 Å². The van der Waals surface area contributed by atoms with E-state index in [-0.39, 0.29) is 18.3 Å². The molecule has 0 fully saturated rings. The maximum absolute atomic E-state index is 11.8. The number of aryl methyl sites for hydroxylation is 1. The summed E-state index contributed by atoms with van der Waals surface area (Å²) < 4.78 is 5.00.